The van der Waals surface area contributed by atoms with Crippen molar-refractivity contribution in [1.82, 2.24) is 9.97 Å². The molecule has 1 aromatic heterocycles. The summed E-state index contributed by atoms with van der Waals surface area (Å²) in [6.45, 7) is 0. The predicted octanol–water partition coefficient (Wildman–Crippen LogP) is -0.354. The van der Waals surface area contributed by atoms with Gasteiger partial charge in [-0.05, 0) is 0 Å². The lowest BCUT2D eigenvalue weighted by Crippen LogP contribution is -1.98. The summed E-state index contributed by atoms with van der Waals surface area (Å²) in [5.74, 6) is 1.30. The van der Waals surface area contributed by atoms with Gasteiger partial charge in [0.15, 0.2) is 0 Å². The van der Waals surface area contributed by atoms with Gasteiger partial charge in [0.2, 0.25) is 17.7 Å². The van der Waals surface area contributed by atoms with E-state index in [2.05, 4.69) is 15.9 Å². The van der Waals surface area contributed by atoms with Gasteiger partial charge >= 0.3 is 0 Å². The van der Waals surface area contributed by atoms with Crippen LogP contribution in [0.1, 0.15) is 5.56 Å². The molecule has 1 heterocycles. The van der Waals surface area contributed by atoms with Gasteiger partial charge in [-0.3, -0.25) is 0 Å². The second-order valence-electron chi connectivity index (χ2n) is 2.09. The Morgan fingerprint density at radius 3 is 2.25 bits per heavy atom. The van der Waals surface area contributed by atoms with Crippen LogP contribution in [0.25, 0.3) is 0 Å². The van der Waals surface area contributed by atoms with E-state index in [1.54, 1.807) is 0 Å². The van der Waals surface area contributed by atoms with Crippen LogP contribution in [0, 0.1) is 12.3 Å². The first-order valence-corrected chi connectivity index (χ1v) is 3.13. The van der Waals surface area contributed by atoms with Crippen LogP contribution in [-0.4, -0.2) is 20.2 Å². The monoisotopic (exact) mass is 165 g/mol. The molecular weight excluding hydrogens is 158 g/mol. The first-order chi connectivity index (χ1) is 5.65. The summed E-state index contributed by atoms with van der Waals surface area (Å²) >= 11 is 0. The van der Waals surface area contributed by atoms with Gasteiger partial charge in [0.1, 0.15) is 0 Å². The maximum atomic E-state index is 9.12. The van der Waals surface area contributed by atoms with Crippen LogP contribution in [0.4, 0.5) is 5.95 Å². The van der Waals surface area contributed by atoms with Crippen LogP contribution in [0.3, 0.4) is 0 Å². The van der Waals surface area contributed by atoms with Crippen LogP contribution in [0.15, 0.2) is 0 Å². The number of hydrogen-bond donors (Lipinski definition) is 3. The molecule has 0 spiro atoms. The van der Waals surface area contributed by atoms with Crippen molar-refractivity contribution < 1.29 is 10.2 Å². The minimum Gasteiger partial charge on any atom is -0.493 e. The zero-order chi connectivity index (χ0) is 9.14. The third-order valence-corrected chi connectivity index (χ3v) is 1.26. The zero-order valence-corrected chi connectivity index (χ0v) is 6.15. The highest BCUT2D eigenvalue weighted by molar-refractivity contribution is 5.40. The second kappa shape index (κ2) is 2.96. The van der Waals surface area contributed by atoms with E-state index in [0.717, 1.165) is 0 Å². The third-order valence-electron chi connectivity index (χ3n) is 1.26. The average Bonchev–Trinajstić information content (AvgIpc) is 1.96. The van der Waals surface area contributed by atoms with Crippen LogP contribution in [0.2, 0.25) is 0 Å². The Bertz CT molecular complexity index is 320. The molecule has 0 amide bonds. The molecule has 0 radical (unpaired) electrons. The van der Waals surface area contributed by atoms with Crippen molar-refractivity contribution in [2.45, 2.75) is 6.42 Å². The molecule has 5 nitrogen and oxygen atoms in total. The summed E-state index contributed by atoms with van der Waals surface area (Å²) in [7, 11) is 0. The molecule has 0 atom stereocenters. The van der Waals surface area contributed by atoms with E-state index < -0.39 is 0 Å². The Kier molecular flexibility index (Phi) is 2.01. The summed E-state index contributed by atoms with van der Waals surface area (Å²) in [4.78, 5) is 6.84. The van der Waals surface area contributed by atoms with Gasteiger partial charge in [0, 0.05) is 6.42 Å². The SMILES string of the molecule is C#CCc1c(O)nc(N)nc1O. The maximum absolute atomic E-state index is 9.12. The van der Waals surface area contributed by atoms with Crippen molar-refractivity contribution in [3.05, 3.63) is 5.56 Å². The van der Waals surface area contributed by atoms with Crippen LogP contribution < -0.4 is 5.73 Å². The van der Waals surface area contributed by atoms with Crippen molar-refractivity contribution in [2.75, 3.05) is 5.73 Å². The van der Waals surface area contributed by atoms with Gasteiger partial charge in [0.05, 0.1) is 5.56 Å². The molecule has 1 aromatic rings. The summed E-state index contributed by atoms with van der Waals surface area (Å²) < 4.78 is 0. The number of nitrogens with two attached hydrogens (primary N) is 1. The number of terminal acetylenes is 1. The molecule has 0 saturated heterocycles. The van der Waals surface area contributed by atoms with Crippen molar-refractivity contribution >= 4 is 5.95 Å². The number of hydrogen-bond acceptors (Lipinski definition) is 5. The van der Waals surface area contributed by atoms with Crippen molar-refractivity contribution in [2.24, 2.45) is 0 Å². The average molecular weight is 165 g/mol. The van der Waals surface area contributed by atoms with E-state index in [1.165, 1.54) is 0 Å². The van der Waals surface area contributed by atoms with Crippen LogP contribution in [0.5, 0.6) is 11.8 Å². The molecule has 0 saturated carbocycles. The summed E-state index contributed by atoms with van der Waals surface area (Å²) in [6.07, 6.45) is 5.04. The number of anilines is 1. The van der Waals surface area contributed by atoms with Gasteiger partial charge in [-0.15, -0.1) is 12.3 Å². The summed E-state index contributed by atoms with van der Waals surface area (Å²) in [5, 5.41) is 18.2. The fourth-order valence-corrected chi connectivity index (χ4v) is 0.737. The zero-order valence-electron chi connectivity index (χ0n) is 6.15. The van der Waals surface area contributed by atoms with E-state index in [4.69, 9.17) is 22.4 Å². The summed E-state index contributed by atoms with van der Waals surface area (Å²) in [6, 6.07) is 0. The van der Waals surface area contributed by atoms with E-state index in [1.807, 2.05) is 0 Å². The van der Waals surface area contributed by atoms with Crippen molar-refractivity contribution in [1.29, 1.82) is 0 Å². The molecule has 0 bridgehead atoms. The molecule has 1 rings (SSSR count). The second-order valence-corrected chi connectivity index (χ2v) is 2.09. The molecule has 62 valence electrons. The number of nitrogens with zero attached hydrogens (tertiary/aromatic N) is 2. The lowest BCUT2D eigenvalue weighted by atomic mass is 10.2. The molecule has 4 N–H and O–H groups in total. The van der Waals surface area contributed by atoms with Crippen LogP contribution in [-0.2, 0) is 6.42 Å². The highest BCUT2D eigenvalue weighted by Gasteiger charge is 2.09. The fraction of sp³-hybridized carbons (Fsp3) is 0.143. The van der Waals surface area contributed by atoms with Gasteiger partial charge < -0.3 is 15.9 Å². The molecule has 0 fully saturated rings. The topological polar surface area (TPSA) is 92.3 Å². The quantitative estimate of drug-likeness (QED) is 0.494. The third kappa shape index (κ3) is 1.37. The normalized spacial score (nSPS) is 9.25. The van der Waals surface area contributed by atoms with Crippen molar-refractivity contribution in [3.63, 3.8) is 0 Å². The molecule has 5 heteroatoms. The molecule has 0 aromatic carbocycles. The Balaban J connectivity index is 3.21. The van der Waals surface area contributed by atoms with Crippen LogP contribution >= 0.6 is 0 Å². The molecule has 0 aliphatic heterocycles. The molecule has 0 aliphatic carbocycles. The van der Waals surface area contributed by atoms with E-state index in [9.17, 15) is 0 Å². The first kappa shape index (κ1) is 8.14. The molecule has 0 unspecified atom stereocenters. The van der Waals surface area contributed by atoms with Crippen molar-refractivity contribution in [3.8, 4) is 24.1 Å². The highest BCUT2D eigenvalue weighted by Crippen LogP contribution is 2.23. The molecule has 0 aliphatic rings. The Labute approximate surface area is 68.9 Å². The van der Waals surface area contributed by atoms with E-state index >= 15 is 0 Å². The Morgan fingerprint density at radius 2 is 1.83 bits per heavy atom. The molecule has 12 heavy (non-hydrogen) atoms. The Morgan fingerprint density at radius 1 is 1.33 bits per heavy atom. The fourth-order valence-electron chi connectivity index (χ4n) is 0.737. The van der Waals surface area contributed by atoms with E-state index in [-0.39, 0.29) is 29.7 Å². The van der Waals surface area contributed by atoms with Gasteiger partial charge in [-0.1, -0.05) is 0 Å². The highest BCUT2D eigenvalue weighted by atomic mass is 16.3. The smallest absolute Gasteiger partial charge is 0.226 e. The summed E-state index contributed by atoms with van der Waals surface area (Å²) in [5.41, 5.74) is 5.25. The van der Waals surface area contributed by atoms with Gasteiger partial charge in [-0.25, -0.2) is 0 Å². The molecular formula is C7H7N3O2. The largest absolute Gasteiger partial charge is 0.493 e. The number of aromatic hydroxyl groups is 2. The van der Waals surface area contributed by atoms with Gasteiger partial charge in [-0.2, -0.15) is 9.97 Å². The Hall–Kier alpha value is -1.96. The number of aromatic nitrogens is 2. The minimum atomic E-state index is -0.377. The number of nitrogen functional groups attached to an aromatic ring is 1. The maximum Gasteiger partial charge on any atom is 0.226 e. The predicted molar refractivity (Wildman–Crippen MR) is 42.3 cm³/mol. The lowest BCUT2D eigenvalue weighted by molar-refractivity contribution is 0.414. The van der Waals surface area contributed by atoms with E-state index in [0.29, 0.717) is 0 Å². The standard InChI is InChI=1S/C7H7N3O2/c1-2-3-4-5(11)9-7(8)10-6(4)12/h1H,3H2,(H4,8,9,10,11,12). The van der Waals surface area contributed by atoms with Gasteiger partial charge in [0.25, 0.3) is 0 Å². The lowest BCUT2D eigenvalue weighted by Gasteiger charge is -2.01. The number of rotatable bonds is 1. The minimum absolute atomic E-state index is 0.0674. The first-order valence-electron chi connectivity index (χ1n) is 3.13.